The van der Waals surface area contributed by atoms with Gasteiger partial charge in [0.2, 0.25) is 0 Å². The van der Waals surface area contributed by atoms with E-state index >= 15 is 0 Å². The Balaban J connectivity index is 1.80. The fourth-order valence-corrected chi connectivity index (χ4v) is 5.14. The molecule has 0 saturated carbocycles. The van der Waals surface area contributed by atoms with Gasteiger partial charge in [-0.2, -0.15) is 0 Å². The van der Waals surface area contributed by atoms with E-state index in [-0.39, 0.29) is 6.10 Å². The molecule has 1 fully saturated rings. The van der Waals surface area contributed by atoms with Crippen LogP contribution in [0.4, 0.5) is 0 Å². The first-order chi connectivity index (χ1) is 10.2. The number of nitrogens with zero attached hydrogens (tertiary/aromatic N) is 1. The molecule has 120 valence electrons. The van der Waals surface area contributed by atoms with Crippen LogP contribution in [-0.2, 0) is 0 Å². The Morgan fingerprint density at radius 2 is 2.24 bits per heavy atom. The highest BCUT2D eigenvalue weighted by Gasteiger charge is 2.21. The molecule has 0 aromatic carbocycles. The zero-order chi connectivity index (χ0) is 15.1. The molecule has 21 heavy (non-hydrogen) atoms. The maximum Gasteiger partial charge on any atom is 0.0894 e. The molecule has 0 radical (unpaired) electrons. The molecule has 1 saturated heterocycles. The van der Waals surface area contributed by atoms with E-state index in [1.807, 2.05) is 11.8 Å². The average molecular weight is 328 g/mol. The third kappa shape index (κ3) is 5.27. The molecular weight excluding hydrogens is 298 g/mol. The first-order valence-electron chi connectivity index (χ1n) is 8.39. The lowest BCUT2D eigenvalue weighted by molar-refractivity contribution is 0.103. The van der Waals surface area contributed by atoms with Gasteiger partial charge in [0.25, 0.3) is 0 Å². The van der Waals surface area contributed by atoms with Crippen LogP contribution in [0.1, 0.15) is 63.4 Å². The number of thioether (sulfide) groups is 1. The number of piperidine rings is 1. The summed E-state index contributed by atoms with van der Waals surface area (Å²) in [6, 6.07) is 5.02. The van der Waals surface area contributed by atoms with Crippen molar-refractivity contribution in [2.45, 2.75) is 68.7 Å². The second-order valence-electron chi connectivity index (χ2n) is 5.90. The second-order valence-corrected chi connectivity index (χ2v) is 8.41. The van der Waals surface area contributed by atoms with E-state index in [1.54, 1.807) is 11.3 Å². The van der Waals surface area contributed by atoms with Crippen molar-refractivity contribution in [2.24, 2.45) is 0 Å². The molecule has 2 unspecified atom stereocenters. The number of hydrogen-bond donors (Lipinski definition) is 1. The summed E-state index contributed by atoms with van der Waals surface area (Å²) < 4.78 is 1.34. The second kappa shape index (κ2) is 9.19. The molecule has 0 amide bonds. The molecule has 0 aliphatic carbocycles. The Labute approximate surface area is 137 Å². The summed E-state index contributed by atoms with van der Waals surface area (Å²) in [5.41, 5.74) is 0. The summed E-state index contributed by atoms with van der Waals surface area (Å²) in [7, 11) is 0. The fraction of sp³-hybridized carbons (Fsp3) is 0.765. The lowest BCUT2D eigenvalue weighted by Crippen LogP contribution is -2.40. The number of aliphatic hydroxyl groups is 1. The van der Waals surface area contributed by atoms with Crippen molar-refractivity contribution in [3.05, 3.63) is 17.0 Å². The zero-order valence-electron chi connectivity index (χ0n) is 13.4. The van der Waals surface area contributed by atoms with Crippen molar-refractivity contribution < 1.29 is 5.11 Å². The summed E-state index contributed by atoms with van der Waals surface area (Å²) in [6.45, 7) is 6.75. The Kier molecular flexibility index (Phi) is 7.58. The highest BCUT2D eigenvalue weighted by Crippen LogP contribution is 2.32. The van der Waals surface area contributed by atoms with Gasteiger partial charge < -0.3 is 10.0 Å². The summed E-state index contributed by atoms with van der Waals surface area (Å²) in [6.07, 6.45) is 7.06. The van der Waals surface area contributed by atoms with Gasteiger partial charge in [-0.05, 0) is 56.5 Å². The lowest BCUT2D eigenvalue weighted by Gasteiger charge is -2.35. The predicted octanol–water partition coefficient (Wildman–Crippen LogP) is 4.94. The van der Waals surface area contributed by atoms with Gasteiger partial charge >= 0.3 is 0 Å². The highest BCUT2D eigenvalue weighted by atomic mass is 32.2. The van der Waals surface area contributed by atoms with Crippen LogP contribution in [0.25, 0.3) is 0 Å². The van der Waals surface area contributed by atoms with Crippen LogP contribution in [0, 0.1) is 0 Å². The molecule has 1 N–H and O–H groups in total. The third-order valence-corrected chi connectivity index (χ3v) is 6.91. The summed E-state index contributed by atoms with van der Waals surface area (Å²) in [5, 5.41) is 10.4. The van der Waals surface area contributed by atoms with Crippen molar-refractivity contribution >= 4 is 23.1 Å². The number of rotatable bonds is 8. The van der Waals surface area contributed by atoms with Crippen LogP contribution < -0.4 is 0 Å². The topological polar surface area (TPSA) is 23.5 Å². The van der Waals surface area contributed by atoms with E-state index in [0.717, 1.165) is 23.9 Å². The minimum atomic E-state index is -0.287. The smallest absolute Gasteiger partial charge is 0.0894 e. The van der Waals surface area contributed by atoms with Crippen LogP contribution in [0.3, 0.4) is 0 Å². The lowest BCUT2D eigenvalue weighted by atomic mass is 9.99. The van der Waals surface area contributed by atoms with E-state index < -0.39 is 0 Å². The Morgan fingerprint density at radius 3 is 3.00 bits per heavy atom. The predicted molar refractivity (Wildman–Crippen MR) is 94.4 cm³/mol. The molecule has 2 nitrogen and oxygen atoms in total. The summed E-state index contributed by atoms with van der Waals surface area (Å²) >= 11 is 3.67. The number of thiophene rings is 1. The SMILES string of the molecule is CCCSc1ccc(C(O)CCN2CCCCC2CC)s1. The van der Waals surface area contributed by atoms with Gasteiger partial charge in [0.15, 0.2) is 0 Å². The van der Waals surface area contributed by atoms with Gasteiger partial charge in [0.05, 0.1) is 10.3 Å². The minimum Gasteiger partial charge on any atom is -0.388 e. The monoisotopic (exact) mass is 327 g/mol. The maximum absolute atomic E-state index is 10.4. The van der Waals surface area contributed by atoms with Crippen LogP contribution in [0.15, 0.2) is 16.3 Å². The summed E-state index contributed by atoms with van der Waals surface area (Å²) in [4.78, 5) is 3.73. The van der Waals surface area contributed by atoms with Crippen LogP contribution in [0.2, 0.25) is 0 Å². The maximum atomic E-state index is 10.4. The normalized spacial score (nSPS) is 21.6. The molecule has 1 aliphatic rings. The first kappa shape index (κ1) is 17.3. The van der Waals surface area contributed by atoms with E-state index in [9.17, 15) is 5.11 Å². The van der Waals surface area contributed by atoms with Crippen molar-refractivity contribution in [3.8, 4) is 0 Å². The Morgan fingerprint density at radius 1 is 1.38 bits per heavy atom. The van der Waals surface area contributed by atoms with Gasteiger partial charge in [0, 0.05) is 17.5 Å². The van der Waals surface area contributed by atoms with Gasteiger partial charge in [0.1, 0.15) is 0 Å². The molecule has 2 atom stereocenters. The van der Waals surface area contributed by atoms with E-state index in [4.69, 9.17) is 0 Å². The molecule has 1 aliphatic heterocycles. The van der Waals surface area contributed by atoms with Crippen molar-refractivity contribution in [2.75, 3.05) is 18.8 Å². The minimum absolute atomic E-state index is 0.287. The first-order valence-corrected chi connectivity index (χ1v) is 10.2. The average Bonchev–Trinajstić information content (AvgIpc) is 2.99. The van der Waals surface area contributed by atoms with E-state index in [0.29, 0.717) is 0 Å². The molecule has 4 heteroatoms. The Hall–Kier alpha value is -0.0300. The number of aliphatic hydroxyl groups excluding tert-OH is 1. The molecule has 2 heterocycles. The van der Waals surface area contributed by atoms with E-state index in [1.165, 1.54) is 48.6 Å². The van der Waals surface area contributed by atoms with Gasteiger partial charge in [-0.15, -0.1) is 23.1 Å². The third-order valence-electron chi connectivity index (χ3n) is 4.29. The number of hydrogen-bond acceptors (Lipinski definition) is 4. The number of likely N-dealkylation sites (tertiary alicyclic amines) is 1. The summed E-state index contributed by atoms with van der Waals surface area (Å²) in [5.74, 6) is 1.17. The standard InChI is InChI=1S/C17H29NOS2/c1-3-13-20-17-9-8-16(21-17)15(19)10-12-18-11-6-5-7-14(18)4-2/h8-9,14-15,19H,3-7,10-13H2,1-2H3. The van der Waals surface area contributed by atoms with Crippen LogP contribution >= 0.6 is 23.1 Å². The van der Waals surface area contributed by atoms with Crippen LogP contribution in [-0.4, -0.2) is 34.9 Å². The van der Waals surface area contributed by atoms with Gasteiger partial charge in [-0.3, -0.25) is 0 Å². The van der Waals surface area contributed by atoms with Gasteiger partial charge in [-0.25, -0.2) is 0 Å². The molecular formula is C17H29NOS2. The van der Waals surface area contributed by atoms with Crippen LogP contribution in [0.5, 0.6) is 0 Å². The van der Waals surface area contributed by atoms with E-state index in [2.05, 4.69) is 30.9 Å². The molecule has 2 rings (SSSR count). The molecule has 1 aromatic heterocycles. The highest BCUT2D eigenvalue weighted by molar-refractivity contribution is 8.01. The van der Waals surface area contributed by atoms with Gasteiger partial charge in [-0.1, -0.05) is 20.3 Å². The quantitative estimate of drug-likeness (QED) is 0.684. The zero-order valence-corrected chi connectivity index (χ0v) is 15.0. The van der Waals surface area contributed by atoms with Crippen molar-refractivity contribution in [3.63, 3.8) is 0 Å². The molecule has 0 bridgehead atoms. The van der Waals surface area contributed by atoms with Crippen molar-refractivity contribution in [1.82, 2.24) is 4.90 Å². The fourth-order valence-electron chi connectivity index (χ4n) is 3.04. The largest absolute Gasteiger partial charge is 0.388 e. The van der Waals surface area contributed by atoms with Crippen molar-refractivity contribution in [1.29, 1.82) is 0 Å². The Bertz CT molecular complexity index is 407. The molecule has 1 aromatic rings. The molecule has 0 spiro atoms.